The molecular formula is C14H28N4O2. The number of rotatable bonds is 10. The van der Waals surface area contributed by atoms with Gasteiger partial charge in [-0.15, -0.1) is 0 Å². The number of nitrogens with zero attached hydrogens (tertiary/aromatic N) is 1. The number of nitrogens with one attached hydrogen (secondary N) is 3. The van der Waals surface area contributed by atoms with E-state index in [0.29, 0.717) is 12.5 Å². The van der Waals surface area contributed by atoms with Crippen molar-refractivity contribution in [3.8, 4) is 0 Å². The number of guanidine groups is 1. The van der Waals surface area contributed by atoms with Gasteiger partial charge in [-0.25, -0.2) is 4.99 Å². The zero-order valence-electron chi connectivity index (χ0n) is 12.7. The van der Waals surface area contributed by atoms with E-state index in [2.05, 4.69) is 20.9 Å². The largest absolute Gasteiger partial charge is 0.381 e. The lowest BCUT2D eigenvalue weighted by Crippen LogP contribution is -2.39. The lowest BCUT2D eigenvalue weighted by molar-refractivity contribution is -0.119. The van der Waals surface area contributed by atoms with Crippen LogP contribution >= 0.6 is 0 Å². The van der Waals surface area contributed by atoms with Crippen LogP contribution in [0.2, 0.25) is 0 Å². The summed E-state index contributed by atoms with van der Waals surface area (Å²) in [6, 6.07) is 0. The molecule has 0 aromatic heterocycles. The lowest BCUT2D eigenvalue weighted by atomic mass is 10.4. The van der Waals surface area contributed by atoms with Gasteiger partial charge in [0.25, 0.3) is 0 Å². The Morgan fingerprint density at radius 1 is 1.20 bits per heavy atom. The molecule has 0 saturated heterocycles. The smallest absolute Gasteiger partial charge is 0.241 e. The SMILES string of the molecule is CCNC(=O)CN=C(NCC)NCCCOCC1CC1. The van der Waals surface area contributed by atoms with E-state index in [0.717, 1.165) is 38.6 Å². The first kappa shape index (κ1) is 16.8. The molecule has 116 valence electrons. The van der Waals surface area contributed by atoms with E-state index < -0.39 is 0 Å². The number of ether oxygens (including phenoxy) is 1. The van der Waals surface area contributed by atoms with Crippen molar-refractivity contribution in [3.05, 3.63) is 0 Å². The van der Waals surface area contributed by atoms with Crippen molar-refractivity contribution in [2.24, 2.45) is 10.9 Å². The minimum absolute atomic E-state index is 0.0579. The Morgan fingerprint density at radius 3 is 2.60 bits per heavy atom. The summed E-state index contributed by atoms with van der Waals surface area (Å²) < 4.78 is 5.57. The zero-order valence-corrected chi connectivity index (χ0v) is 12.7. The van der Waals surface area contributed by atoms with Crippen molar-refractivity contribution < 1.29 is 9.53 Å². The van der Waals surface area contributed by atoms with Crippen LogP contribution in [0.1, 0.15) is 33.1 Å². The molecule has 20 heavy (non-hydrogen) atoms. The number of aliphatic imine (C=N–C) groups is 1. The van der Waals surface area contributed by atoms with E-state index in [1.807, 2.05) is 13.8 Å². The third-order valence-corrected chi connectivity index (χ3v) is 2.91. The Labute approximate surface area is 121 Å². The highest BCUT2D eigenvalue weighted by molar-refractivity contribution is 5.84. The fraction of sp³-hybridized carbons (Fsp3) is 0.857. The first-order valence-corrected chi connectivity index (χ1v) is 7.62. The molecule has 0 bridgehead atoms. The van der Waals surface area contributed by atoms with E-state index in [9.17, 15) is 4.79 Å². The molecule has 0 spiro atoms. The maximum Gasteiger partial charge on any atom is 0.241 e. The molecular weight excluding hydrogens is 256 g/mol. The Hall–Kier alpha value is -1.30. The van der Waals surface area contributed by atoms with Gasteiger partial charge >= 0.3 is 0 Å². The number of hydrogen-bond acceptors (Lipinski definition) is 3. The second-order valence-corrected chi connectivity index (χ2v) is 4.95. The van der Waals surface area contributed by atoms with Gasteiger partial charge in [0.1, 0.15) is 6.54 Å². The molecule has 0 aromatic carbocycles. The Balaban J connectivity index is 2.09. The molecule has 3 N–H and O–H groups in total. The summed E-state index contributed by atoms with van der Waals surface area (Å²) in [5.41, 5.74) is 0. The second-order valence-electron chi connectivity index (χ2n) is 4.95. The fourth-order valence-corrected chi connectivity index (χ4v) is 1.66. The summed E-state index contributed by atoms with van der Waals surface area (Å²) in [6.07, 6.45) is 3.60. The minimum Gasteiger partial charge on any atom is -0.381 e. The predicted octanol–water partition coefficient (Wildman–Crippen LogP) is 0.494. The van der Waals surface area contributed by atoms with Crippen LogP contribution in [0, 0.1) is 5.92 Å². The normalized spacial score (nSPS) is 15.0. The van der Waals surface area contributed by atoms with Crippen LogP contribution in [0.3, 0.4) is 0 Å². The molecule has 0 heterocycles. The average Bonchev–Trinajstić information content (AvgIpc) is 3.24. The number of hydrogen-bond donors (Lipinski definition) is 3. The summed E-state index contributed by atoms with van der Waals surface area (Å²) in [6.45, 7) is 7.95. The van der Waals surface area contributed by atoms with Crippen LogP contribution < -0.4 is 16.0 Å². The topological polar surface area (TPSA) is 74.8 Å². The summed E-state index contributed by atoms with van der Waals surface area (Å²) in [5.74, 6) is 1.44. The second kappa shape index (κ2) is 10.5. The maximum absolute atomic E-state index is 11.3. The highest BCUT2D eigenvalue weighted by Gasteiger charge is 2.20. The van der Waals surface area contributed by atoms with Crippen molar-refractivity contribution in [2.75, 3.05) is 39.4 Å². The molecule has 6 nitrogen and oxygen atoms in total. The summed E-state index contributed by atoms with van der Waals surface area (Å²) in [5, 5.41) is 9.04. The number of carbonyl (C=O) groups is 1. The molecule has 1 amide bonds. The van der Waals surface area contributed by atoms with Crippen LogP contribution in [0.4, 0.5) is 0 Å². The number of likely N-dealkylation sites (N-methyl/N-ethyl adjacent to an activating group) is 1. The van der Waals surface area contributed by atoms with Gasteiger partial charge in [0, 0.05) is 32.8 Å². The van der Waals surface area contributed by atoms with Crippen LogP contribution in [0.5, 0.6) is 0 Å². The van der Waals surface area contributed by atoms with Gasteiger partial charge in [0.2, 0.25) is 5.91 Å². The summed E-state index contributed by atoms with van der Waals surface area (Å²) in [7, 11) is 0. The van der Waals surface area contributed by atoms with Crippen molar-refractivity contribution in [2.45, 2.75) is 33.1 Å². The average molecular weight is 284 g/mol. The maximum atomic E-state index is 11.3. The van der Waals surface area contributed by atoms with Crippen LogP contribution in [0.15, 0.2) is 4.99 Å². The molecule has 1 aliphatic carbocycles. The Morgan fingerprint density at radius 2 is 1.95 bits per heavy atom. The molecule has 6 heteroatoms. The zero-order chi connectivity index (χ0) is 14.6. The van der Waals surface area contributed by atoms with Gasteiger partial charge in [0.15, 0.2) is 5.96 Å². The van der Waals surface area contributed by atoms with Crippen molar-refractivity contribution in [1.82, 2.24) is 16.0 Å². The molecule has 0 aromatic rings. The van der Waals surface area contributed by atoms with Crippen LogP contribution in [-0.4, -0.2) is 51.3 Å². The van der Waals surface area contributed by atoms with Crippen LogP contribution in [0.25, 0.3) is 0 Å². The van der Waals surface area contributed by atoms with Gasteiger partial charge in [-0.05, 0) is 39.0 Å². The van der Waals surface area contributed by atoms with E-state index in [1.54, 1.807) is 0 Å². The van der Waals surface area contributed by atoms with E-state index >= 15 is 0 Å². The summed E-state index contributed by atoms with van der Waals surface area (Å²) >= 11 is 0. The lowest BCUT2D eigenvalue weighted by Gasteiger charge is -2.11. The standard InChI is InChI=1S/C14H28N4O2/c1-3-15-13(19)10-18-14(16-4-2)17-8-5-9-20-11-12-6-7-12/h12H,3-11H2,1-2H3,(H,15,19)(H2,16,17,18). The first-order chi connectivity index (χ1) is 9.76. The first-order valence-electron chi connectivity index (χ1n) is 7.62. The van der Waals surface area contributed by atoms with E-state index in [-0.39, 0.29) is 12.5 Å². The van der Waals surface area contributed by atoms with Gasteiger partial charge in [-0.1, -0.05) is 0 Å². The number of carbonyl (C=O) groups excluding carboxylic acids is 1. The molecule has 1 aliphatic rings. The van der Waals surface area contributed by atoms with Crippen LogP contribution in [-0.2, 0) is 9.53 Å². The molecule has 1 fully saturated rings. The van der Waals surface area contributed by atoms with Gasteiger partial charge in [-0.2, -0.15) is 0 Å². The van der Waals surface area contributed by atoms with Gasteiger partial charge in [-0.3, -0.25) is 4.79 Å². The van der Waals surface area contributed by atoms with Crippen molar-refractivity contribution in [1.29, 1.82) is 0 Å². The van der Waals surface area contributed by atoms with Gasteiger partial charge in [0.05, 0.1) is 0 Å². The Kier molecular flexibility index (Phi) is 8.78. The van der Waals surface area contributed by atoms with E-state index in [4.69, 9.17) is 4.74 Å². The molecule has 1 rings (SSSR count). The van der Waals surface area contributed by atoms with Crippen molar-refractivity contribution in [3.63, 3.8) is 0 Å². The Bertz CT molecular complexity index is 304. The minimum atomic E-state index is -0.0579. The predicted molar refractivity (Wildman–Crippen MR) is 80.8 cm³/mol. The van der Waals surface area contributed by atoms with Crippen molar-refractivity contribution >= 4 is 11.9 Å². The molecule has 1 saturated carbocycles. The third kappa shape index (κ3) is 8.74. The highest BCUT2D eigenvalue weighted by atomic mass is 16.5. The van der Waals surface area contributed by atoms with E-state index in [1.165, 1.54) is 12.8 Å². The fourth-order valence-electron chi connectivity index (χ4n) is 1.66. The quantitative estimate of drug-likeness (QED) is 0.310. The highest BCUT2D eigenvalue weighted by Crippen LogP contribution is 2.28. The third-order valence-electron chi connectivity index (χ3n) is 2.91. The monoisotopic (exact) mass is 284 g/mol. The molecule has 0 aliphatic heterocycles. The molecule has 0 atom stereocenters. The van der Waals surface area contributed by atoms with Gasteiger partial charge < -0.3 is 20.7 Å². The molecule has 0 unspecified atom stereocenters. The molecule has 0 radical (unpaired) electrons. The number of amides is 1. The summed E-state index contributed by atoms with van der Waals surface area (Å²) in [4.78, 5) is 15.6.